The van der Waals surface area contributed by atoms with Crippen molar-refractivity contribution in [1.29, 1.82) is 0 Å². The van der Waals surface area contributed by atoms with E-state index in [2.05, 4.69) is 16.0 Å². The van der Waals surface area contributed by atoms with E-state index in [4.69, 9.17) is 9.47 Å². The summed E-state index contributed by atoms with van der Waals surface area (Å²) in [5.74, 6) is 1.07. The summed E-state index contributed by atoms with van der Waals surface area (Å²) < 4.78 is 10.7. The molecule has 2 aromatic rings. The third kappa shape index (κ3) is 3.38. The van der Waals surface area contributed by atoms with Gasteiger partial charge in [0.2, 0.25) is 0 Å². The minimum absolute atomic E-state index is 0.00901. The number of carbonyl (C=O) groups is 1. The quantitative estimate of drug-likeness (QED) is 0.911. The molecule has 3 rings (SSSR count). The van der Waals surface area contributed by atoms with Crippen molar-refractivity contribution < 1.29 is 14.3 Å². The van der Waals surface area contributed by atoms with Crippen molar-refractivity contribution in [2.45, 2.75) is 6.54 Å². The first kappa shape index (κ1) is 16.4. The smallest absolute Gasteiger partial charge is 0.257 e. The highest BCUT2D eigenvalue weighted by molar-refractivity contribution is 5.97. The van der Waals surface area contributed by atoms with Crippen LogP contribution in [0.3, 0.4) is 0 Å². The molecule has 0 bridgehead atoms. The van der Waals surface area contributed by atoms with E-state index in [1.54, 1.807) is 26.4 Å². The maximum Gasteiger partial charge on any atom is 0.257 e. The number of aromatic nitrogens is 1. The van der Waals surface area contributed by atoms with Crippen LogP contribution in [0.1, 0.15) is 16.1 Å². The van der Waals surface area contributed by atoms with Gasteiger partial charge >= 0.3 is 0 Å². The fourth-order valence-electron chi connectivity index (χ4n) is 3.04. The highest BCUT2D eigenvalue weighted by Crippen LogP contribution is 2.31. The molecular formula is C18H23N3O3. The molecule has 0 radical (unpaired) electrons. The fraction of sp³-hybridized carbons (Fsp3) is 0.389. The van der Waals surface area contributed by atoms with Gasteiger partial charge in [0, 0.05) is 44.6 Å². The zero-order chi connectivity index (χ0) is 16.9. The molecule has 0 saturated carbocycles. The minimum atomic E-state index is -0.00901. The van der Waals surface area contributed by atoms with Crippen molar-refractivity contribution in [3.63, 3.8) is 0 Å². The van der Waals surface area contributed by atoms with E-state index >= 15 is 0 Å². The topological polar surface area (TPSA) is 57.8 Å². The Labute approximate surface area is 142 Å². The Morgan fingerprint density at radius 1 is 1.08 bits per heavy atom. The van der Waals surface area contributed by atoms with Crippen LogP contribution in [0, 0.1) is 0 Å². The molecule has 1 N–H and O–H groups in total. The van der Waals surface area contributed by atoms with E-state index in [0.717, 1.165) is 19.6 Å². The maximum atomic E-state index is 12.8. The highest BCUT2D eigenvalue weighted by Gasteiger charge is 2.25. The fourth-order valence-corrected chi connectivity index (χ4v) is 3.04. The van der Waals surface area contributed by atoms with Crippen LogP contribution in [0.25, 0.3) is 0 Å². The number of nitrogens with one attached hydrogen (secondary N) is 1. The summed E-state index contributed by atoms with van der Waals surface area (Å²) >= 11 is 0. The molecule has 1 amide bonds. The van der Waals surface area contributed by atoms with Gasteiger partial charge in [0.15, 0.2) is 11.5 Å². The minimum Gasteiger partial charge on any atom is -0.493 e. The van der Waals surface area contributed by atoms with Gasteiger partial charge in [-0.3, -0.25) is 9.69 Å². The van der Waals surface area contributed by atoms with E-state index < -0.39 is 0 Å². The Hall–Kier alpha value is -2.47. The zero-order valence-corrected chi connectivity index (χ0v) is 14.1. The van der Waals surface area contributed by atoms with Crippen LogP contribution in [-0.4, -0.2) is 61.1 Å². The molecule has 0 unspecified atom stereocenters. The monoisotopic (exact) mass is 329 g/mol. The van der Waals surface area contributed by atoms with Crippen LogP contribution < -0.4 is 9.47 Å². The van der Waals surface area contributed by atoms with Gasteiger partial charge < -0.3 is 19.4 Å². The van der Waals surface area contributed by atoms with Gasteiger partial charge in [0.05, 0.1) is 19.8 Å². The van der Waals surface area contributed by atoms with Gasteiger partial charge in [-0.15, -0.1) is 0 Å². The Morgan fingerprint density at radius 2 is 1.88 bits per heavy atom. The van der Waals surface area contributed by atoms with Crippen molar-refractivity contribution in [1.82, 2.24) is 14.8 Å². The average Bonchev–Trinajstić information content (AvgIpc) is 3.14. The molecule has 0 spiro atoms. The molecule has 1 aromatic carbocycles. The van der Waals surface area contributed by atoms with Crippen LogP contribution in [0.5, 0.6) is 11.5 Å². The second-order valence-corrected chi connectivity index (χ2v) is 5.80. The Kier molecular flexibility index (Phi) is 5.05. The SMILES string of the molecule is COc1cccc(C(=O)N2CCN(Cc3ccc[nH]3)CC2)c1OC. The summed E-state index contributed by atoms with van der Waals surface area (Å²) in [6.07, 6.45) is 1.93. The summed E-state index contributed by atoms with van der Waals surface area (Å²) in [4.78, 5) is 20.3. The second kappa shape index (κ2) is 7.40. The molecule has 1 saturated heterocycles. The molecule has 0 aliphatic carbocycles. The molecule has 0 atom stereocenters. The van der Waals surface area contributed by atoms with Crippen LogP contribution >= 0.6 is 0 Å². The molecule has 6 heteroatoms. The summed E-state index contributed by atoms with van der Waals surface area (Å²) in [6.45, 7) is 4.02. The van der Waals surface area contributed by atoms with Crippen LogP contribution in [-0.2, 0) is 6.54 Å². The van der Waals surface area contributed by atoms with Gasteiger partial charge in [-0.2, -0.15) is 0 Å². The van der Waals surface area contributed by atoms with Crippen LogP contribution in [0.15, 0.2) is 36.5 Å². The third-order valence-electron chi connectivity index (χ3n) is 4.35. The normalized spacial score (nSPS) is 15.3. The van der Waals surface area contributed by atoms with E-state index in [1.807, 2.05) is 23.2 Å². The number of carbonyl (C=O) groups excluding carboxylic acids is 1. The van der Waals surface area contributed by atoms with Crippen molar-refractivity contribution >= 4 is 5.91 Å². The molecule has 24 heavy (non-hydrogen) atoms. The summed E-state index contributed by atoms with van der Waals surface area (Å²) in [5.41, 5.74) is 1.75. The molecule has 2 heterocycles. The number of rotatable bonds is 5. The number of para-hydroxylation sites is 1. The van der Waals surface area contributed by atoms with E-state index in [1.165, 1.54) is 5.69 Å². The predicted octanol–water partition coefficient (Wildman–Crippen LogP) is 1.99. The van der Waals surface area contributed by atoms with Gasteiger partial charge in [0.25, 0.3) is 5.91 Å². The third-order valence-corrected chi connectivity index (χ3v) is 4.35. The lowest BCUT2D eigenvalue weighted by Gasteiger charge is -2.34. The summed E-state index contributed by atoms with van der Waals surface area (Å²) in [5, 5.41) is 0. The number of benzene rings is 1. The predicted molar refractivity (Wildman–Crippen MR) is 91.5 cm³/mol. The number of ether oxygens (including phenoxy) is 2. The number of H-pyrrole nitrogens is 1. The van der Waals surface area contributed by atoms with E-state index in [9.17, 15) is 4.79 Å². The standard InChI is InChI=1S/C18H23N3O3/c1-23-16-7-3-6-15(17(16)24-2)18(22)21-11-9-20(10-12-21)13-14-5-4-8-19-14/h3-8,19H,9-13H2,1-2H3. The molecule has 128 valence electrons. The molecule has 1 fully saturated rings. The largest absolute Gasteiger partial charge is 0.493 e. The Balaban J connectivity index is 1.65. The number of hydrogen-bond acceptors (Lipinski definition) is 4. The first-order valence-corrected chi connectivity index (χ1v) is 8.08. The Morgan fingerprint density at radius 3 is 2.50 bits per heavy atom. The van der Waals surface area contributed by atoms with Crippen molar-refractivity contribution in [2.75, 3.05) is 40.4 Å². The van der Waals surface area contributed by atoms with Crippen molar-refractivity contribution in [3.8, 4) is 11.5 Å². The lowest BCUT2D eigenvalue weighted by molar-refractivity contribution is 0.0623. The average molecular weight is 329 g/mol. The molecule has 1 aromatic heterocycles. The molecular weight excluding hydrogens is 306 g/mol. The number of amides is 1. The van der Waals surface area contributed by atoms with E-state index in [-0.39, 0.29) is 5.91 Å². The van der Waals surface area contributed by atoms with E-state index in [0.29, 0.717) is 30.2 Å². The lowest BCUT2D eigenvalue weighted by Crippen LogP contribution is -2.48. The number of nitrogens with zero attached hydrogens (tertiary/aromatic N) is 2. The highest BCUT2D eigenvalue weighted by atomic mass is 16.5. The van der Waals surface area contributed by atoms with Crippen molar-refractivity contribution in [2.24, 2.45) is 0 Å². The van der Waals surface area contributed by atoms with Gasteiger partial charge in [0.1, 0.15) is 0 Å². The second-order valence-electron chi connectivity index (χ2n) is 5.80. The number of aromatic amines is 1. The number of methoxy groups -OCH3 is 2. The number of hydrogen-bond donors (Lipinski definition) is 1. The first-order chi connectivity index (χ1) is 11.7. The van der Waals surface area contributed by atoms with Gasteiger partial charge in [-0.05, 0) is 24.3 Å². The zero-order valence-electron chi connectivity index (χ0n) is 14.1. The van der Waals surface area contributed by atoms with Crippen molar-refractivity contribution in [3.05, 3.63) is 47.8 Å². The van der Waals surface area contributed by atoms with Crippen LogP contribution in [0.4, 0.5) is 0 Å². The van der Waals surface area contributed by atoms with Gasteiger partial charge in [-0.1, -0.05) is 6.07 Å². The molecule has 6 nitrogen and oxygen atoms in total. The first-order valence-electron chi connectivity index (χ1n) is 8.08. The number of piperazine rings is 1. The van der Waals surface area contributed by atoms with Gasteiger partial charge in [-0.25, -0.2) is 0 Å². The lowest BCUT2D eigenvalue weighted by atomic mass is 10.1. The maximum absolute atomic E-state index is 12.8. The van der Waals surface area contributed by atoms with Crippen LogP contribution in [0.2, 0.25) is 0 Å². The Bertz CT molecular complexity index is 677. The molecule has 1 aliphatic rings. The summed E-state index contributed by atoms with van der Waals surface area (Å²) in [7, 11) is 3.13. The molecule has 1 aliphatic heterocycles. The summed E-state index contributed by atoms with van der Waals surface area (Å²) in [6, 6.07) is 9.48.